The Hall–Kier alpha value is -2.43. The number of nitrogens with one attached hydrogen (secondary N) is 2. The van der Waals surface area contributed by atoms with Crippen molar-refractivity contribution in [3.05, 3.63) is 59.7 Å². The van der Waals surface area contributed by atoms with Gasteiger partial charge in [0.25, 0.3) is 0 Å². The molecule has 0 bridgehead atoms. The zero-order chi connectivity index (χ0) is 15.4. The number of anilines is 2. The lowest BCUT2D eigenvalue weighted by molar-refractivity contribution is -0.114. The van der Waals surface area contributed by atoms with Crippen molar-refractivity contribution in [1.29, 1.82) is 0 Å². The van der Waals surface area contributed by atoms with Crippen LogP contribution < -0.4 is 10.6 Å². The predicted octanol–water partition coefficient (Wildman–Crippen LogP) is 4.10. The Morgan fingerprint density at radius 2 is 1.52 bits per heavy atom. The molecule has 1 unspecified atom stereocenters. The molecule has 0 fully saturated rings. The second-order valence-corrected chi connectivity index (χ2v) is 4.76. The molecule has 0 aliphatic rings. The highest BCUT2D eigenvalue weighted by atomic mass is 19.1. The summed E-state index contributed by atoms with van der Waals surface area (Å²) in [5.41, 5.74) is 1.38. The summed E-state index contributed by atoms with van der Waals surface area (Å²) in [7, 11) is 0. The van der Waals surface area contributed by atoms with Crippen molar-refractivity contribution in [1.82, 2.24) is 0 Å². The van der Waals surface area contributed by atoms with E-state index in [9.17, 15) is 13.6 Å². The van der Waals surface area contributed by atoms with Crippen LogP contribution in [0.3, 0.4) is 0 Å². The highest BCUT2D eigenvalue weighted by molar-refractivity contribution is 5.88. The molecule has 110 valence electrons. The van der Waals surface area contributed by atoms with Crippen LogP contribution in [0.4, 0.5) is 20.2 Å². The van der Waals surface area contributed by atoms with Gasteiger partial charge in [0.05, 0.1) is 6.04 Å². The quantitative estimate of drug-likeness (QED) is 0.890. The van der Waals surface area contributed by atoms with E-state index >= 15 is 0 Å². The Bertz CT molecular complexity index is 621. The molecule has 0 aliphatic carbocycles. The molecule has 21 heavy (non-hydrogen) atoms. The lowest BCUT2D eigenvalue weighted by Crippen LogP contribution is -2.11. The number of benzene rings is 2. The SMILES string of the molecule is CC(=O)Nc1ccc(NC(C)c2c(F)cccc2F)cc1. The van der Waals surface area contributed by atoms with E-state index in [0.29, 0.717) is 11.4 Å². The summed E-state index contributed by atoms with van der Waals surface area (Å²) in [6.07, 6.45) is 0. The van der Waals surface area contributed by atoms with Crippen LogP contribution in [0.2, 0.25) is 0 Å². The van der Waals surface area contributed by atoms with E-state index in [0.717, 1.165) is 0 Å². The minimum atomic E-state index is -0.579. The van der Waals surface area contributed by atoms with Crippen LogP contribution in [-0.2, 0) is 4.79 Å². The standard InChI is InChI=1S/C16H16F2N2O/c1-10(16-14(17)4-3-5-15(16)18)19-12-6-8-13(9-7-12)20-11(2)21/h3-10,19H,1-2H3,(H,20,21). The van der Waals surface area contributed by atoms with Crippen LogP contribution in [0.1, 0.15) is 25.5 Å². The number of rotatable bonds is 4. The molecule has 0 aliphatic heterocycles. The maximum Gasteiger partial charge on any atom is 0.221 e. The van der Waals surface area contributed by atoms with Crippen LogP contribution in [0, 0.1) is 11.6 Å². The monoisotopic (exact) mass is 290 g/mol. The predicted molar refractivity (Wildman–Crippen MR) is 79.1 cm³/mol. The Balaban J connectivity index is 2.12. The summed E-state index contributed by atoms with van der Waals surface area (Å²) < 4.78 is 27.4. The zero-order valence-electron chi connectivity index (χ0n) is 11.8. The van der Waals surface area contributed by atoms with Gasteiger partial charge >= 0.3 is 0 Å². The van der Waals surface area contributed by atoms with Crippen molar-refractivity contribution in [2.45, 2.75) is 19.9 Å². The van der Waals surface area contributed by atoms with Gasteiger partial charge in [-0.15, -0.1) is 0 Å². The summed E-state index contributed by atoms with van der Waals surface area (Å²) >= 11 is 0. The van der Waals surface area contributed by atoms with Crippen LogP contribution in [0.5, 0.6) is 0 Å². The molecule has 0 heterocycles. The van der Waals surface area contributed by atoms with E-state index in [4.69, 9.17) is 0 Å². The number of carbonyl (C=O) groups is 1. The maximum absolute atomic E-state index is 13.7. The molecule has 2 aromatic rings. The van der Waals surface area contributed by atoms with Gasteiger partial charge in [0.2, 0.25) is 5.91 Å². The third kappa shape index (κ3) is 3.78. The van der Waals surface area contributed by atoms with Crippen LogP contribution in [0.15, 0.2) is 42.5 Å². The first-order valence-corrected chi connectivity index (χ1v) is 6.55. The van der Waals surface area contributed by atoms with Gasteiger partial charge in [-0.25, -0.2) is 8.78 Å². The van der Waals surface area contributed by atoms with Crippen molar-refractivity contribution in [2.75, 3.05) is 10.6 Å². The van der Waals surface area contributed by atoms with Gasteiger partial charge in [0.1, 0.15) is 11.6 Å². The Morgan fingerprint density at radius 1 is 1.00 bits per heavy atom. The molecule has 5 heteroatoms. The van der Waals surface area contributed by atoms with Crippen molar-refractivity contribution in [3.8, 4) is 0 Å². The number of halogens is 2. The molecule has 0 aromatic heterocycles. The summed E-state index contributed by atoms with van der Waals surface area (Å²) in [6, 6.07) is 10.2. The molecule has 0 saturated heterocycles. The fraction of sp³-hybridized carbons (Fsp3) is 0.188. The van der Waals surface area contributed by atoms with Crippen LogP contribution >= 0.6 is 0 Å². The van der Waals surface area contributed by atoms with Gasteiger partial charge in [-0.05, 0) is 43.3 Å². The Morgan fingerprint density at radius 3 is 2.05 bits per heavy atom. The fourth-order valence-corrected chi connectivity index (χ4v) is 2.10. The van der Waals surface area contributed by atoms with Gasteiger partial charge in [-0.2, -0.15) is 0 Å². The highest BCUT2D eigenvalue weighted by Gasteiger charge is 2.15. The smallest absolute Gasteiger partial charge is 0.221 e. The van der Waals surface area contributed by atoms with Gasteiger partial charge in [-0.1, -0.05) is 6.07 Å². The minimum Gasteiger partial charge on any atom is -0.378 e. The summed E-state index contributed by atoms with van der Waals surface area (Å²) in [4.78, 5) is 10.9. The first-order chi connectivity index (χ1) is 9.97. The van der Waals surface area contributed by atoms with Crippen LogP contribution in [0.25, 0.3) is 0 Å². The molecular formula is C16H16F2N2O. The van der Waals surface area contributed by atoms with Gasteiger partial charge in [0.15, 0.2) is 0 Å². The summed E-state index contributed by atoms with van der Waals surface area (Å²) in [5.74, 6) is -1.31. The first kappa shape index (κ1) is 15.0. The molecule has 1 atom stereocenters. The largest absolute Gasteiger partial charge is 0.378 e. The number of hydrogen-bond donors (Lipinski definition) is 2. The molecule has 0 spiro atoms. The average Bonchev–Trinajstić information content (AvgIpc) is 2.40. The van der Waals surface area contributed by atoms with Gasteiger partial charge < -0.3 is 10.6 Å². The molecular weight excluding hydrogens is 274 g/mol. The molecule has 2 aromatic carbocycles. The Kier molecular flexibility index (Phi) is 4.52. The van der Waals surface area contributed by atoms with E-state index < -0.39 is 17.7 Å². The van der Waals surface area contributed by atoms with Crippen molar-refractivity contribution in [3.63, 3.8) is 0 Å². The summed E-state index contributed by atoms with van der Waals surface area (Å²) in [6.45, 7) is 3.11. The number of hydrogen-bond acceptors (Lipinski definition) is 2. The van der Waals surface area contributed by atoms with Gasteiger partial charge in [0, 0.05) is 23.9 Å². The number of amides is 1. The lowest BCUT2D eigenvalue weighted by atomic mass is 10.1. The third-order valence-corrected chi connectivity index (χ3v) is 3.02. The van der Waals surface area contributed by atoms with E-state index in [1.54, 1.807) is 31.2 Å². The molecule has 1 amide bonds. The molecule has 0 radical (unpaired) electrons. The lowest BCUT2D eigenvalue weighted by Gasteiger charge is -2.17. The normalized spacial score (nSPS) is 11.8. The zero-order valence-corrected chi connectivity index (χ0v) is 11.8. The second-order valence-electron chi connectivity index (χ2n) is 4.76. The molecule has 3 nitrogen and oxygen atoms in total. The van der Waals surface area contributed by atoms with E-state index in [1.807, 2.05) is 0 Å². The average molecular weight is 290 g/mol. The summed E-state index contributed by atoms with van der Waals surface area (Å²) in [5, 5.41) is 5.68. The van der Waals surface area contributed by atoms with E-state index in [1.165, 1.54) is 25.1 Å². The molecule has 0 saturated carbocycles. The molecule has 2 rings (SSSR count). The van der Waals surface area contributed by atoms with Crippen molar-refractivity contribution in [2.24, 2.45) is 0 Å². The van der Waals surface area contributed by atoms with Crippen molar-refractivity contribution >= 4 is 17.3 Å². The topological polar surface area (TPSA) is 41.1 Å². The fourth-order valence-electron chi connectivity index (χ4n) is 2.10. The number of carbonyl (C=O) groups excluding carboxylic acids is 1. The highest BCUT2D eigenvalue weighted by Crippen LogP contribution is 2.25. The van der Waals surface area contributed by atoms with Gasteiger partial charge in [-0.3, -0.25) is 4.79 Å². The van der Waals surface area contributed by atoms with Crippen LogP contribution in [-0.4, -0.2) is 5.91 Å². The third-order valence-electron chi connectivity index (χ3n) is 3.02. The first-order valence-electron chi connectivity index (χ1n) is 6.55. The minimum absolute atomic E-state index is 0.00318. The molecule has 2 N–H and O–H groups in total. The maximum atomic E-state index is 13.7. The van der Waals surface area contributed by atoms with Crippen molar-refractivity contribution < 1.29 is 13.6 Å². The van der Waals surface area contributed by atoms with E-state index in [-0.39, 0.29) is 11.5 Å². The second kappa shape index (κ2) is 6.35. The van der Waals surface area contributed by atoms with E-state index in [2.05, 4.69) is 10.6 Å². The Labute approximate surface area is 122 Å².